The molecule has 0 bridgehead atoms. The summed E-state index contributed by atoms with van der Waals surface area (Å²) in [5.74, 6) is -0.256. The van der Waals surface area contributed by atoms with Crippen LogP contribution < -0.4 is 0 Å². The Kier molecular flexibility index (Phi) is 6.32. The third-order valence-corrected chi connectivity index (χ3v) is 4.61. The molecule has 3 aromatic carbocycles. The largest absolute Gasteiger partial charge is 0.256 e. The number of benzene rings is 3. The molecular formula is C25H24FN. The van der Waals surface area contributed by atoms with Crippen LogP contribution in [0.1, 0.15) is 30.0 Å². The van der Waals surface area contributed by atoms with Gasteiger partial charge in [0.25, 0.3) is 0 Å². The lowest BCUT2D eigenvalue weighted by molar-refractivity contribution is 0.631. The molecule has 0 amide bonds. The van der Waals surface area contributed by atoms with Gasteiger partial charge in [0.1, 0.15) is 5.82 Å². The number of aryl methyl sites for hydroxylation is 2. The van der Waals surface area contributed by atoms with Crippen LogP contribution in [0.5, 0.6) is 0 Å². The van der Waals surface area contributed by atoms with E-state index in [9.17, 15) is 4.39 Å². The van der Waals surface area contributed by atoms with Crippen LogP contribution >= 0.6 is 0 Å². The third-order valence-electron chi connectivity index (χ3n) is 4.61. The topological polar surface area (TPSA) is 12.4 Å². The van der Waals surface area contributed by atoms with Gasteiger partial charge in [-0.2, -0.15) is 0 Å². The van der Waals surface area contributed by atoms with Gasteiger partial charge in [-0.05, 0) is 53.6 Å². The van der Waals surface area contributed by atoms with E-state index < -0.39 is 0 Å². The summed E-state index contributed by atoms with van der Waals surface area (Å²) in [6.07, 6.45) is 6.63. The minimum Gasteiger partial charge on any atom is -0.256 e. The molecule has 3 rings (SSSR count). The summed E-state index contributed by atoms with van der Waals surface area (Å²) in [5.41, 5.74) is 5.61. The highest BCUT2D eigenvalue weighted by molar-refractivity contribution is 5.82. The van der Waals surface area contributed by atoms with Crippen LogP contribution in [0, 0.1) is 5.82 Å². The van der Waals surface area contributed by atoms with Crippen molar-refractivity contribution in [2.75, 3.05) is 0 Å². The first-order valence-electron chi connectivity index (χ1n) is 9.32. The molecule has 0 aliphatic carbocycles. The van der Waals surface area contributed by atoms with Gasteiger partial charge in [0, 0.05) is 17.8 Å². The Hall–Kier alpha value is -3.00. The highest BCUT2D eigenvalue weighted by Gasteiger charge is 2.06. The van der Waals surface area contributed by atoms with E-state index in [1.807, 2.05) is 48.5 Å². The molecule has 27 heavy (non-hydrogen) atoms. The van der Waals surface area contributed by atoms with Gasteiger partial charge >= 0.3 is 0 Å². The standard InChI is InChI=1S/C25H24FN/c1-3-5-6-20-7-9-21(10-8-20)18-27-23-15-16-24(25(26)17-23)22-13-11-19(4-2)12-14-22/h3,7-18H,1,4-6H2,2H3. The zero-order valence-corrected chi connectivity index (χ0v) is 15.7. The fourth-order valence-corrected chi connectivity index (χ4v) is 2.93. The molecule has 0 saturated carbocycles. The Labute approximate surface area is 160 Å². The number of hydrogen-bond acceptors (Lipinski definition) is 1. The number of hydrogen-bond donors (Lipinski definition) is 0. The minimum atomic E-state index is -0.256. The molecule has 0 saturated heterocycles. The highest BCUT2D eigenvalue weighted by Crippen LogP contribution is 2.27. The number of allylic oxidation sites excluding steroid dienone is 1. The second-order valence-electron chi connectivity index (χ2n) is 6.54. The summed E-state index contributed by atoms with van der Waals surface area (Å²) < 4.78 is 14.5. The highest BCUT2D eigenvalue weighted by atomic mass is 19.1. The fourth-order valence-electron chi connectivity index (χ4n) is 2.93. The van der Waals surface area contributed by atoms with Crippen molar-refractivity contribution in [3.05, 3.63) is 102 Å². The molecule has 1 nitrogen and oxygen atoms in total. The van der Waals surface area contributed by atoms with Crippen molar-refractivity contribution in [1.82, 2.24) is 0 Å². The summed E-state index contributed by atoms with van der Waals surface area (Å²) in [7, 11) is 0. The summed E-state index contributed by atoms with van der Waals surface area (Å²) in [6.45, 7) is 5.85. The smallest absolute Gasteiger partial charge is 0.133 e. The van der Waals surface area contributed by atoms with E-state index >= 15 is 0 Å². The molecule has 2 heteroatoms. The zero-order valence-electron chi connectivity index (χ0n) is 15.7. The molecule has 0 atom stereocenters. The summed E-state index contributed by atoms with van der Waals surface area (Å²) in [4.78, 5) is 4.41. The Morgan fingerprint density at radius 2 is 1.63 bits per heavy atom. The Morgan fingerprint density at radius 3 is 2.26 bits per heavy atom. The van der Waals surface area contributed by atoms with Gasteiger partial charge in [-0.15, -0.1) is 6.58 Å². The van der Waals surface area contributed by atoms with Gasteiger partial charge in [-0.1, -0.05) is 61.5 Å². The predicted octanol–water partition coefficient (Wildman–Crippen LogP) is 6.92. The van der Waals surface area contributed by atoms with Crippen molar-refractivity contribution in [1.29, 1.82) is 0 Å². The van der Waals surface area contributed by atoms with E-state index in [1.54, 1.807) is 12.3 Å². The maximum absolute atomic E-state index is 14.5. The van der Waals surface area contributed by atoms with Crippen molar-refractivity contribution in [3.63, 3.8) is 0 Å². The van der Waals surface area contributed by atoms with Crippen LogP contribution in [0.3, 0.4) is 0 Å². The van der Waals surface area contributed by atoms with Gasteiger partial charge in [-0.25, -0.2) is 4.39 Å². The van der Waals surface area contributed by atoms with Gasteiger partial charge in [-0.3, -0.25) is 4.99 Å². The Morgan fingerprint density at radius 1 is 0.926 bits per heavy atom. The maximum Gasteiger partial charge on any atom is 0.133 e. The number of rotatable bonds is 7. The van der Waals surface area contributed by atoms with E-state index in [2.05, 4.69) is 30.6 Å². The molecule has 136 valence electrons. The van der Waals surface area contributed by atoms with Gasteiger partial charge in [0.15, 0.2) is 0 Å². The summed E-state index contributed by atoms with van der Waals surface area (Å²) in [5, 5.41) is 0. The van der Waals surface area contributed by atoms with Crippen LogP contribution in [-0.4, -0.2) is 6.21 Å². The lowest BCUT2D eigenvalue weighted by Crippen LogP contribution is -1.87. The van der Waals surface area contributed by atoms with Gasteiger partial charge in [0.2, 0.25) is 0 Å². The predicted molar refractivity (Wildman–Crippen MR) is 113 cm³/mol. The SMILES string of the molecule is C=CCCc1ccc(C=Nc2ccc(-c3ccc(CC)cc3)c(F)c2)cc1. The number of halogens is 1. The molecule has 0 aliphatic heterocycles. The molecule has 0 aliphatic rings. The quantitative estimate of drug-likeness (QED) is 0.321. The first kappa shape index (κ1) is 18.8. The molecule has 0 spiro atoms. The van der Waals surface area contributed by atoms with E-state index in [1.165, 1.54) is 17.2 Å². The maximum atomic E-state index is 14.5. The first-order chi connectivity index (χ1) is 13.2. The average Bonchev–Trinajstić information content (AvgIpc) is 2.72. The zero-order chi connectivity index (χ0) is 19.1. The van der Waals surface area contributed by atoms with Crippen molar-refractivity contribution in [2.24, 2.45) is 4.99 Å². The molecule has 0 fully saturated rings. The fraction of sp³-hybridized carbons (Fsp3) is 0.160. The third kappa shape index (κ3) is 5.01. The summed E-state index contributed by atoms with van der Waals surface area (Å²) >= 11 is 0. The number of nitrogens with zero attached hydrogens (tertiary/aromatic N) is 1. The molecule has 0 unspecified atom stereocenters. The van der Waals surface area contributed by atoms with E-state index in [4.69, 9.17) is 0 Å². The van der Waals surface area contributed by atoms with Gasteiger partial charge < -0.3 is 0 Å². The van der Waals surface area contributed by atoms with Crippen molar-refractivity contribution in [2.45, 2.75) is 26.2 Å². The van der Waals surface area contributed by atoms with Crippen LogP contribution in [0.25, 0.3) is 11.1 Å². The van der Waals surface area contributed by atoms with Crippen LogP contribution in [-0.2, 0) is 12.8 Å². The Balaban J connectivity index is 1.73. The van der Waals surface area contributed by atoms with Crippen LogP contribution in [0.4, 0.5) is 10.1 Å². The molecule has 3 aromatic rings. The monoisotopic (exact) mass is 357 g/mol. The van der Waals surface area contributed by atoms with E-state index in [0.29, 0.717) is 11.3 Å². The lowest BCUT2D eigenvalue weighted by Gasteiger charge is -2.06. The van der Waals surface area contributed by atoms with Crippen molar-refractivity contribution in [3.8, 4) is 11.1 Å². The Bertz CT molecular complexity index is 922. The minimum absolute atomic E-state index is 0.256. The van der Waals surface area contributed by atoms with Crippen LogP contribution in [0.2, 0.25) is 0 Å². The first-order valence-corrected chi connectivity index (χ1v) is 9.32. The number of aliphatic imine (C=N–C) groups is 1. The van der Waals surface area contributed by atoms with Gasteiger partial charge in [0.05, 0.1) is 5.69 Å². The molecular weight excluding hydrogens is 333 g/mol. The molecule has 0 heterocycles. The normalized spacial score (nSPS) is 11.0. The second kappa shape index (κ2) is 9.09. The average molecular weight is 357 g/mol. The summed E-state index contributed by atoms with van der Waals surface area (Å²) in [6, 6.07) is 21.4. The van der Waals surface area contributed by atoms with E-state index in [0.717, 1.165) is 30.4 Å². The molecule has 0 aromatic heterocycles. The second-order valence-corrected chi connectivity index (χ2v) is 6.54. The molecule has 0 radical (unpaired) electrons. The van der Waals surface area contributed by atoms with Crippen LogP contribution in [0.15, 0.2) is 84.4 Å². The lowest BCUT2D eigenvalue weighted by atomic mass is 10.0. The van der Waals surface area contributed by atoms with Crippen molar-refractivity contribution < 1.29 is 4.39 Å². The van der Waals surface area contributed by atoms with E-state index in [-0.39, 0.29) is 5.82 Å². The molecule has 0 N–H and O–H groups in total. The van der Waals surface area contributed by atoms with Crippen molar-refractivity contribution >= 4 is 11.9 Å².